The normalized spacial score (nSPS) is 14.8. The molecule has 13 nitrogen and oxygen atoms in total. The molecular formula is C57H46N3O10S4-. The molecule has 0 bridgehead atoms. The zero-order valence-corrected chi connectivity index (χ0v) is 43.2. The molecule has 17 heteroatoms. The molecule has 374 valence electrons. The van der Waals surface area contributed by atoms with Gasteiger partial charge < -0.3 is 29.8 Å². The lowest BCUT2D eigenvalue weighted by molar-refractivity contribution is -0.777. The minimum Gasteiger partial charge on any atom is -0.691 e. The standard InChI is InChI=1S/C57H47N3O10S4/c1-4-5-6-16-37-65-56(61)44-25-29-51-49(38-44)58(35-33-40(2)73-69-67-63)53(71-51)31-27-42-23-24-43(55(42)60(46-17-10-7-11-18-46)47-19-12-8-13-20-47)28-32-54-59(36-34-41(3)74-70-68-64)50-39-45(26-30-52(50)72-54)57(62)66-48-21-14-9-15-22-48/h1,7-15,17-22,25-32,38-41H,23-24,33-36H2,2-3H3,(H-,63,64)/p-1. The zero-order chi connectivity index (χ0) is 51.7. The summed E-state index contributed by atoms with van der Waals surface area (Å²) in [6.07, 6.45) is 18.8. The Bertz CT molecular complexity index is 3220. The van der Waals surface area contributed by atoms with Crippen LogP contribution in [0.25, 0.3) is 16.3 Å². The SMILES string of the molecule is C#CC#CC#COC(=O)c1ccc2sc(/C=C/C3=C(N(c4ccccc4)c4ccccc4)C(=C/C=C4\Sc5ccc(C(=O)Oc6ccccc6)cc5N4CCC(C)SOO[O-])/CC3)[n+](CCC(C)SOO[O-])c2c1. The van der Waals surface area contributed by atoms with Crippen LogP contribution in [0, 0.1) is 36.2 Å². The molecule has 0 fully saturated rings. The number of hydrogen-bond acceptors (Lipinski definition) is 16. The number of carbonyl (C=O) groups is 2. The first-order chi connectivity index (χ1) is 36.2. The number of allylic oxidation sites excluding steroid dienone is 5. The highest BCUT2D eigenvalue weighted by Gasteiger charge is 2.30. The third kappa shape index (κ3) is 13.8. The van der Waals surface area contributed by atoms with Crippen molar-refractivity contribution < 1.29 is 52.9 Å². The second kappa shape index (κ2) is 26.8. The molecule has 1 aliphatic carbocycles. The quantitative estimate of drug-likeness (QED) is 0.0128. The van der Waals surface area contributed by atoms with Crippen LogP contribution in [0.2, 0.25) is 0 Å². The number of thioether (sulfide) groups is 1. The number of esters is 2. The number of terminal acetylenes is 1. The number of thiazole rings is 1. The zero-order valence-electron chi connectivity index (χ0n) is 40.0. The Morgan fingerprint density at radius 3 is 2.14 bits per heavy atom. The number of aryl methyl sites for hydroxylation is 1. The van der Waals surface area contributed by atoms with Gasteiger partial charge in [0.2, 0.25) is 5.52 Å². The van der Waals surface area contributed by atoms with Crippen LogP contribution in [0.4, 0.5) is 17.1 Å². The van der Waals surface area contributed by atoms with Crippen molar-refractivity contribution in [3.05, 3.63) is 184 Å². The summed E-state index contributed by atoms with van der Waals surface area (Å²) in [7, 11) is 0. The van der Waals surface area contributed by atoms with Gasteiger partial charge in [0.25, 0.3) is 5.01 Å². The van der Waals surface area contributed by atoms with Crippen LogP contribution in [0.15, 0.2) is 172 Å². The Kier molecular flexibility index (Phi) is 19.3. The molecule has 0 saturated carbocycles. The maximum absolute atomic E-state index is 13.4. The van der Waals surface area contributed by atoms with Crippen LogP contribution < -0.4 is 29.6 Å². The molecule has 0 amide bonds. The fourth-order valence-corrected chi connectivity index (χ4v) is 11.0. The maximum Gasteiger partial charge on any atom is 0.352 e. The Morgan fingerprint density at radius 2 is 1.45 bits per heavy atom. The molecule has 0 radical (unpaired) electrons. The molecule has 2 heterocycles. The summed E-state index contributed by atoms with van der Waals surface area (Å²) < 4.78 is 23.3. The average Bonchev–Trinajstić information content (AvgIpc) is 4.12. The number of aromatic nitrogens is 1. The van der Waals surface area contributed by atoms with E-state index in [1.807, 2.05) is 86.6 Å². The van der Waals surface area contributed by atoms with Crippen LogP contribution in [0.5, 0.6) is 5.75 Å². The van der Waals surface area contributed by atoms with Gasteiger partial charge in [0.1, 0.15) is 16.6 Å². The topological polar surface area (TPSA) is 146 Å². The lowest BCUT2D eigenvalue weighted by Gasteiger charge is -2.28. The summed E-state index contributed by atoms with van der Waals surface area (Å²) in [6.45, 7) is 4.95. The van der Waals surface area contributed by atoms with Gasteiger partial charge in [0.05, 0.1) is 27.5 Å². The molecule has 74 heavy (non-hydrogen) atoms. The van der Waals surface area contributed by atoms with Gasteiger partial charge in [0.15, 0.2) is 6.54 Å². The first-order valence-corrected chi connectivity index (χ1v) is 26.4. The van der Waals surface area contributed by atoms with E-state index in [4.69, 9.17) is 15.9 Å². The van der Waals surface area contributed by atoms with E-state index in [1.54, 1.807) is 53.4 Å². The highest BCUT2D eigenvalue weighted by atomic mass is 32.2. The molecule has 0 saturated heterocycles. The molecule has 6 aromatic rings. The number of ether oxygens (including phenoxy) is 2. The fraction of sp³-hybridized carbons (Fsp3) is 0.175. The van der Waals surface area contributed by atoms with Gasteiger partial charge in [-0.2, -0.15) is 13.2 Å². The summed E-state index contributed by atoms with van der Waals surface area (Å²) in [5.74, 6) is 8.72. The van der Waals surface area contributed by atoms with Crippen molar-refractivity contribution in [1.82, 2.24) is 0 Å². The lowest BCUT2D eigenvalue weighted by Crippen LogP contribution is -2.36. The summed E-state index contributed by atoms with van der Waals surface area (Å²) in [5.41, 5.74) is 7.58. The van der Waals surface area contributed by atoms with Crippen molar-refractivity contribution in [2.75, 3.05) is 16.3 Å². The van der Waals surface area contributed by atoms with E-state index in [-0.39, 0.29) is 10.5 Å². The van der Waals surface area contributed by atoms with Crippen LogP contribution in [0.3, 0.4) is 0 Å². The van der Waals surface area contributed by atoms with Crippen molar-refractivity contribution >= 4 is 92.5 Å². The Morgan fingerprint density at radius 1 is 0.784 bits per heavy atom. The van der Waals surface area contributed by atoms with Crippen molar-refractivity contribution in [2.45, 2.75) is 61.5 Å². The van der Waals surface area contributed by atoms with Crippen LogP contribution in [-0.2, 0) is 30.0 Å². The number of rotatable bonds is 21. The van der Waals surface area contributed by atoms with E-state index >= 15 is 0 Å². The predicted octanol–water partition coefficient (Wildman–Crippen LogP) is 10.7. The van der Waals surface area contributed by atoms with E-state index in [0.717, 1.165) is 96.0 Å². The number of anilines is 3. The van der Waals surface area contributed by atoms with Crippen molar-refractivity contribution in [3.8, 4) is 42.0 Å². The van der Waals surface area contributed by atoms with Gasteiger partial charge in [-0.15, -0.1) is 6.42 Å². The van der Waals surface area contributed by atoms with Crippen molar-refractivity contribution in [3.63, 3.8) is 0 Å². The Balaban J connectivity index is 1.20. The molecule has 2 unspecified atom stereocenters. The number of hydrogen-bond donors (Lipinski definition) is 0. The minimum absolute atomic E-state index is 0.0916. The van der Waals surface area contributed by atoms with E-state index in [2.05, 4.69) is 111 Å². The van der Waals surface area contributed by atoms with Crippen LogP contribution >= 0.6 is 47.2 Å². The monoisotopic (exact) mass is 1060 g/mol. The van der Waals surface area contributed by atoms with Crippen molar-refractivity contribution in [1.29, 1.82) is 0 Å². The number of para-hydroxylation sites is 3. The number of benzene rings is 5. The average molecular weight is 1060 g/mol. The predicted molar refractivity (Wildman–Crippen MR) is 287 cm³/mol. The van der Waals surface area contributed by atoms with E-state index < -0.39 is 11.9 Å². The first kappa shape index (κ1) is 53.3. The van der Waals surface area contributed by atoms with Gasteiger partial charge >= 0.3 is 11.9 Å². The summed E-state index contributed by atoms with van der Waals surface area (Å²) >= 11 is 5.09. The molecule has 8 rings (SSSR count). The second-order valence-corrected chi connectivity index (χ2v) is 20.9. The molecule has 1 aromatic heterocycles. The van der Waals surface area contributed by atoms with E-state index in [0.29, 0.717) is 42.8 Å². The molecule has 0 spiro atoms. The highest BCUT2D eigenvalue weighted by Crippen LogP contribution is 2.48. The summed E-state index contributed by atoms with van der Waals surface area (Å²) in [6, 6.07) is 40.4. The van der Waals surface area contributed by atoms with Gasteiger partial charge in [-0.05, 0) is 121 Å². The van der Waals surface area contributed by atoms with Crippen LogP contribution in [0.1, 0.15) is 65.3 Å². The van der Waals surface area contributed by atoms with Gasteiger partial charge in [0, 0.05) is 87.8 Å². The molecule has 5 aromatic carbocycles. The summed E-state index contributed by atoms with van der Waals surface area (Å²) in [5, 5.41) is 30.3. The fourth-order valence-electron chi connectivity index (χ4n) is 8.16. The molecule has 2 atom stereocenters. The molecular weight excluding hydrogens is 1010 g/mol. The number of carbonyl (C=O) groups excluding carboxylic acids is 2. The van der Waals surface area contributed by atoms with Crippen molar-refractivity contribution in [2.24, 2.45) is 0 Å². The third-order valence-corrected chi connectivity index (χ3v) is 15.3. The maximum atomic E-state index is 13.4. The highest BCUT2D eigenvalue weighted by molar-refractivity contribution is 8.03. The minimum atomic E-state index is -0.635. The Labute approximate surface area is 446 Å². The first-order valence-electron chi connectivity index (χ1n) is 23.2. The van der Waals surface area contributed by atoms with Crippen LogP contribution in [-0.4, -0.2) is 29.0 Å². The number of nitrogens with zero attached hydrogens (tertiary/aromatic N) is 3. The smallest absolute Gasteiger partial charge is 0.352 e. The summed E-state index contributed by atoms with van der Waals surface area (Å²) in [4.78, 5) is 32.0. The molecule has 0 N–H and O–H groups in total. The number of fused-ring (bicyclic) bond motifs is 2. The van der Waals surface area contributed by atoms with E-state index in [9.17, 15) is 20.1 Å². The van der Waals surface area contributed by atoms with Gasteiger partial charge in [-0.1, -0.05) is 97.6 Å². The largest absolute Gasteiger partial charge is 0.691 e. The second-order valence-electron chi connectivity index (χ2n) is 16.5. The van der Waals surface area contributed by atoms with Gasteiger partial charge in [-0.25, -0.2) is 9.59 Å². The Hall–Kier alpha value is -7.02. The van der Waals surface area contributed by atoms with Gasteiger partial charge in [-0.3, -0.25) is 10.1 Å². The molecule has 2 aliphatic rings. The molecule has 1 aliphatic heterocycles. The lowest BCUT2D eigenvalue weighted by atomic mass is 10.1. The van der Waals surface area contributed by atoms with E-state index in [1.165, 1.54) is 0 Å². The third-order valence-electron chi connectivity index (χ3n) is 11.6.